The zero-order valence-corrected chi connectivity index (χ0v) is 15.0. The molecule has 0 aliphatic heterocycles. The zero-order valence-electron chi connectivity index (χ0n) is 13.4. The van der Waals surface area contributed by atoms with Crippen LogP contribution in [0, 0.1) is 6.92 Å². The van der Waals surface area contributed by atoms with Gasteiger partial charge in [-0.1, -0.05) is 11.6 Å². The summed E-state index contributed by atoms with van der Waals surface area (Å²) in [7, 11) is 1.28. The Kier molecular flexibility index (Phi) is 4.76. The first-order valence-electron chi connectivity index (χ1n) is 7.18. The fraction of sp³-hybridized carbons (Fsp3) is 0.188. The molecule has 0 saturated heterocycles. The number of ether oxygens (including phenoxy) is 1. The standard InChI is InChI=1S/C16H11ClF3N3O2S/c1-7-11-13(21-6-22-14(11)26-12(7)15(24)25-2)23-10-4-3-8(5-9(10)17)16(18,19)20/h3-6H,1-2H3,(H,21,22,23). The molecule has 0 radical (unpaired) electrons. The SMILES string of the molecule is COC(=O)c1sc2ncnc(Nc3ccc(C(F)(F)F)cc3Cl)c2c1C. The number of aromatic nitrogens is 2. The number of anilines is 2. The number of thiophene rings is 1. The van der Waals surface area contributed by atoms with Gasteiger partial charge < -0.3 is 10.1 Å². The molecule has 1 N–H and O–H groups in total. The van der Waals surface area contributed by atoms with Gasteiger partial charge in [-0.15, -0.1) is 11.3 Å². The van der Waals surface area contributed by atoms with Gasteiger partial charge in [0, 0.05) is 0 Å². The van der Waals surface area contributed by atoms with E-state index in [-0.39, 0.29) is 10.7 Å². The molecule has 3 aromatic rings. The van der Waals surface area contributed by atoms with Crippen molar-refractivity contribution in [3.63, 3.8) is 0 Å². The second-order valence-corrected chi connectivity index (χ2v) is 6.67. The van der Waals surface area contributed by atoms with E-state index in [1.807, 2.05) is 0 Å². The molecule has 3 rings (SSSR count). The number of nitrogens with zero attached hydrogens (tertiary/aromatic N) is 2. The number of halogens is 4. The van der Waals surface area contributed by atoms with Crippen LogP contribution in [0.25, 0.3) is 10.2 Å². The quantitative estimate of drug-likeness (QED) is 0.611. The average molecular weight is 402 g/mol. The summed E-state index contributed by atoms with van der Waals surface area (Å²) in [6.45, 7) is 1.72. The fourth-order valence-electron chi connectivity index (χ4n) is 2.37. The number of benzene rings is 1. The number of hydrogen-bond donors (Lipinski definition) is 1. The van der Waals surface area contributed by atoms with Crippen molar-refractivity contribution in [3.8, 4) is 0 Å². The molecule has 2 heterocycles. The van der Waals surface area contributed by atoms with Gasteiger partial charge in [-0.05, 0) is 30.7 Å². The van der Waals surface area contributed by atoms with Crippen LogP contribution in [0.1, 0.15) is 20.8 Å². The van der Waals surface area contributed by atoms with Crippen molar-refractivity contribution >= 4 is 50.6 Å². The van der Waals surface area contributed by atoms with Crippen LogP contribution in [0.2, 0.25) is 5.02 Å². The molecule has 0 atom stereocenters. The number of fused-ring (bicyclic) bond motifs is 1. The highest BCUT2D eigenvalue weighted by Crippen LogP contribution is 2.38. The van der Waals surface area contributed by atoms with Crippen molar-refractivity contribution in [2.75, 3.05) is 12.4 Å². The molecular formula is C16H11ClF3N3O2S. The van der Waals surface area contributed by atoms with Gasteiger partial charge in [0.15, 0.2) is 0 Å². The van der Waals surface area contributed by atoms with Gasteiger partial charge in [0.1, 0.15) is 21.9 Å². The summed E-state index contributed by atoms with van der Waals surface area (Å²) in [5.41, 5.74) is 0.0217. The summed E-state index contributed by atoms with van der Waals surface area (Å²) in [6.07, 6.45) is -3.19. The van der Waals surface area contributed by atoms with Crippen LogP contribution >= 0.6 is 22.9 Å². The molecule has 1 aromatic carbocycles. The van der Waals surface area contributed by atoms with Crippen molar-refractivity contribution < 1.29 is 22.7 Å². The van der Waals surface area contributed by atoms with Crippen LogP contribution in [0.4, 0.5) is 24.7 Å². The number of hydrogen-bond acceptors (Lipinski definition) is 6. The van der Waals surface area contributed by atoms with E-state index < -0.39 is 17.7 Å². The van der Waals surface area contributed by atoms with E-state index in [0.717, 1.165) is 23.5 Å². The molecule has 0 bridgehead atoms. The Balaban J connectivity index is 2.04. The molecule has 0 aliphatic rings. The monoisotopic (exact) mass is 401 g/mol. The Morgan fingerprint density at radius 2 is 2.04 bits per heavy atom. The molecule has 0 unspecified atom stereocenters. The van der Waals surface area contributed by atoms with Crippen LogP contribution in [0.3, 0.4) is 0 Å². The van der Waals surface area contributed by atoms with Crippen LogP contribution in [0.5, 0.6) is 0 Å². The lowest BCUT2D eigenvalue weighted by Gasteiger charge is -2.12. The number of alkyl halides is 3. The van der Waals surface area contributed by atoms with Gasteiger partial charge in [-0.25, -0.2) is 14.8 Å². The lowest BCUT2D eigenvalue weighted by Crippen LogP contribution is -2.05. The van der Waals surface area contributed by atoms with E-state index >= 15 is 0 Å². The van der Waals surface area contributed by atoms with Crippen molar-refractivity contribution in [3.05, 3.63) is 45.6 Å². The molecule has 0 fully saturated rings. The number of aryl methyl sites for hydroxylation is 1. The van der Waals surface area contributed by atoms with Crippen molar-refractivity contribution in [2.24, 2.45) is 0 Å². The maximum Gasteiger partial charge on any atom is 0.416 e. The summed E-state index contributed by atoms with van der Waals surface area (Å²) in [5.74, 6) is -0.162. The minimum absolute atomic E-state index is 0.104. The number of rotatable bonds is 3. The van der Waals surface area contributed by atoms with Gasteiger partial charge in [0.2, 0.25) is 0 Å². The highest BCUT2D eigenvalue weighted by Gasteiger charge is 2.31. The number of esters is 1. The first-order valence-corrected chi connectivity index (χ1v) is 8.38. The van der Waals surface area contributed by atoms with Crippen molar-refractivity contribution in [1.82, 2.24) is 9.97 Å². The predicted octanol–water partition coefficient (Wildman–Crippen LogP) is 5.20. The van der Waals surface area contributed by atoms with Crippen LogP contribution in [-0.4, -0.2) is 23.0 Å². The van der Waals surface area contributed by atoms with E-state index in [2.05, 4.69) is 15.3 Å². The summed E-state index contributed by atoms with van der Waals surface area (Å²) in [5, 5.41) is 3.38. The van der Waals surface area contributed by atoms with Gasteiger partial charge in [0.05, 0.1) is 28.8 Å². The number of methoxy groups -OCH3 is 1. The van der Waals surface area contributed by atoms with Gasteiger partial charge >= 0.3 is 12.1 Å². The third-order valence-corrected chi connectivity index (χ3v) is 5.14. The second-order valence-electron chi connectivity index (χ2n) is 5.27. The molecule has 5 nitrogen and oxygen atoms in total. The molecule has 0 amide bonds. The average Bonchev–Trinajstić information content (AvgIpc) is 2.93. The lowest BCUT2D eigenvalue weighted by atomic mass is 10.1. The van der Waals surface area contributed by atoms with Crippen LogP contribution in [0.15, 0.2) is 24.5 Å². The molecular weight excluding hydrogens is 391 g/mol. The number of carbonyl (C=O) groups is 1. The molecule has 2 aromatic heterocycles. The molecule has 26 heavy (non-hydrogen) atoms. The first kappa shape index (κ1) is 18.4. The van der Waals surface area contributed by atoms with Gasteiger partial charge in [0.25, 0.3) is 0 Å². The highest BCUT2D eigenvalue weighted by atomic mass is 35.5. The summed E-state index contributed by atoms with van der Waals surface area (Å²) >= 11 is 7.12. The van der Waals surface area contributed by atoms with Gasteiger partial charge in [-0.3, -0.25) is 0 Å². The summed E-state index contributed by atoms with van der Waals surface area (Å²) in [6, 6.07) is 2.98. The molecule has 0 spiro atoms. The minimum atomic E-state index is -4.48. The molecule has 0 aliphatic carbocycles. The maximum absolute atomic E-state index is 12.8. The van der Waals surface area contributed by atoms with E-state index in [1.54, 1.807) is 6.92 Å². The summed E-state index contributed by atoms with van der Waals surface area (Å²) < 4.78 is 43.0. The molecule has 10 heteroatoms. The van der Waals surface area contributed by atoms with Crippen molar-refractivity contribution in [1.29, 1.82) is 0 Å². The minimum Gasteiger partial charge on any atom is -0.465 e. The van der Waals surface area contributed by atoms with Crippen LogP contribution in [-0.2, 0) is 10.9 Å². The van der Waals surface area contributed by atoms with E-state index in [4.69, 9.17) is 16.3 Å². The fourth-order valence-corrected chi connectivity index (χ4v) is 3.67. The van der Waals surface area contributed by atoms with E-state index in [0.29, 0.717) is 26.5 Å². The smallest absolute Gasteiger partial charge is 0.416 e. The van der Waals surface area contributed by atoms with Crippen LogP contribution < -0.4 is 5.32 Å². The Labute approximate surface area is 154 Å². The van der Waals surface area contributed by atoms with Crippen molar-refractivity contribution in [2.45, 2.75) is 13.1 Å². The Morgan fingerprint density at radius 1 is 1.31 bits per heavy atom. The number of carbonyl (C=O) groups excluding carboxylic acids is 1. The lowest BCUT2D eigenvalue weighted by molar-refractivity contribution is -0.137. The first-order chi connectivity index (χ1) is 12.2. The highest BCUT2D eigenvalue weighted by molar-refractivity contribution is 7.20. The molecule has 136 valence electrons. The third-order valence-electron chi connectivity index (χ3n) is 3.65. The maximum atomic E-state index is 12.8. The normalized spacial score (nSPS) is 11.6. The topological polar surface area (TPSA) is 64.1 Å². The largest absolute Gasteiger partial charge is 0.465 e. The number of nitrogens with one attached hydrogen (secondary N) is 1. The molecule has 0 saturated carbocycles. The Hall–Kier alpha value is -2.39. The Bertz CT molecular complexity index is 1000. The Morgan fingerprint density at radius 3 is 2.65 bits per heavy atom. The zero-order chi connectivity index (χ0) is 19.1. The van der Waals surface area contributed by atoms with E-state index in [1.165, 1.54) is 19.5 Å². The summed E-state index contributed by atoms with van der Waals surface area (Å²) in [4.78, 5) is 21.0. The van der Waals surface area contributed by atoms with E-state index in [9.17, 15) is 18.0 Å². The predicted molar refractivity (Wildman–Crippen MR) is 93.2 cm³/mol. The second kappa shape index (κ2) is 6.73. The van der Waals surface area contributed by atoms with Gasteiger partial charge in [-0.2, -0.15) is 13.2 Å². The third kappa shape index (κ3) is 3.32.